The quantitative estimate of drug-likeness (QED) is 0.641. The SMILES string of the molecule is C[C@@H](O)CNCCC1CCCCC1. The zero-order valence-electron chi connectivity index (χ0n) is 8.76. The molecule has 0 aromatic carbocycles. The lowest BCUT2D eigenvalue weighted by molar-refractivity contribution is 0.189. The van der Waals surface area contributed by atoms with Gasteiger partial charge in [0.2, 0.25) is 0 Å². The molecule has 1 atom stereocenters. The second-order valence-corrected chi connectivity index (χ2v) is 4.35. The van der Waals surface area contributed by atoms with Crippen molar-refractivity contribution in [1.29, 1.82) is 0 Å². The van der Waals surface area contributed by atoms with Crippen molar-refractivity contribution in [1.82, 2.24) is 5.32 Å². The fraction of sp³-hybridized carbons (Fsp3) is 1.00. The minimum absolute atomic E-state index is 0.202. The monoisotopic (exact) mass is 185 g/mol. The first kappa shape index (κ1) is 11.0. The van der Waals surface area contributed by atoms with Crippen molar-refractivity contribution in [2.24, 2.45) is 5.92 Å². The van der Waals surface area contributed by atoms with Crippen LogP contribution in [0.15, 0.2) is 0 Å². The van der Waals surface area contributed by atoms with Gasteiger partial charge in [-0.3, -0.25) is 0 Å². The van der Waals surface area contributed by atoms with Gasteiger partial charge in [0.15, 0.2) is 0 Å². The summed E-state index contributed by atoms with van der Waals surface area (Å²) in [5, 5.41) is 12.3. The molecule has 0 saturated heterocycles. The third-order valence-corrected chi connectivity index (χ3v) is 2.89. The van der Waals surface area contributed by atoms with Gasteiger partial charge in [0.1, 0.15) is 0 Å². The first-order valence-corrected chi connectivity index (χ1v) is 5.68. The van der Waals surface area contributed by atoms with E-state index in [0.29, 0.717) is 0 Å². The molecule has 0 heterocycles. The number of aliphatic hydroxyl groups is 1. The molecule has 78 valence electrons. The Morgan fingerprint density at radius 2 is 2.00 bits per heavy atom. The summed E-state index contributed by atoms with van der Waals surface area (Å²) < 4.78 is 0. The molecule has 0 bridgehead atoms. The molecular weight excluding hydrogens is 162 g/mol. The van der Waals surface area contributed by atoms with Gasteiger partial charge in [-0.15, -0.1) is 0 Å². The maximum Gasteiger partial charge on any atom is 0.0636 e. The first-order chi connectivity index (χ1) is 6.29. The Bertz CT molecular complexity index is 119. The normalized spacial score (nSPS) is 21.7. The Morgan fingerprint density at radius 1 is 1.31 bits per heavy atom. The third-order valence-electron chi connectivity index (χ3n) is 2.89. The van der Waals surface area contributed by atoms with Crippen LogP contribution >= 0.6 is 0 Å². The Hall–Kier alpha value is -0.0800. The molecule has 0 spiro atoms. The fourth-order valence-corrected chi connectivity index (χ4v) is 2.09. The lowest BCUT2D eigenvalue weighted by Crippen LogP contribution is -2.26. The summed E-state index contributed by atoms with van der Waals surface area (Å²) in [4.78, 5) is 0. The smallest absolute Gasteiger partial charge is 0.0636 e. The zero-order chi connectivity index (χ0) is 9.52. The Balaban J connectivity index is 1.92. The molecule has 2 nitrogen and oxygen atoms in total. The van der Waals surface area contributed by atoms with E-state index in [1.165, 1.54) is 38.5 Å². The van der Waals surface area contributed by atoms with Gasteiger partial charge in [-0.1, -0.05) is 32.1 Å². The van der Waals surface area contributed by atoms with Crippen LogP contribution in [-0.2, 0) is 0 Å². The van der Waals surface area contributed by atoms with E-state index in [-0.39, 0.29) is 6.10 Å². The summed E-state index contributed by atoms with van der Waals surface area (Å²) in [5.41, 5.74) is 0. The van der Waals surface area contributed by atoms with Crippen LogP contribution in [0.25, 0.3) is 0 Å². The molecular formula is C11H23NO. The number of hydrogen-bond donors (Lipinski definition) is 2. The average Bonchev–Trinajstić information content (AvgIpc) is 2.14. The van der Waals surface area contributed by atoms with Gasteiger partial charge in [0.05, 0.1) is 6.10 Å². The molecule has 2 N–H and O–H groups in total. The van der Waals surface area contributed by atoms with Gasteiger partial charge in [-0.25, -0.2) is 0 Å². The standard InChI is InChI=1S/C11H23NO/c1-10(13)9-12-8-7-11-5-3-2-4-6-11/h10-13H,2-9H2,1H3/t10-/m1/s1. The molecule has 13 heavy (non-hydrogen) atoms. The minimum Gasteiger partial charge on any atom is -0.392 e. The molecule has 0 amide bonds. The summed E-state index contributed by atoms with van der Waals surface area (Å²) in [6, 6.07) is 0. The van der Waals surface area contributed by atoms with Crippen molar-refractivity contribution in [3.05, 3.63) is 0 Å². The summed E-state index contributed by atoms with van der Waals surface area (Å²) in [6.45, 7) is 3.65. The molecule has 0 aromatic heterocycles. The highest BCUT2D eigenvalue weighted by atomic mass is 16.3. The summed E-state index contributed by atoms with van der Waals surface area (Å²) in [6.07, 6.45) is 8.26. The van der Waals surface area contributed by atoms with Crippen molar-refractivity contribution >= 4 is 0 Å². The topological polar surface area (TPSA) is 32.3 Å². The van der Waals surface area contributed by atoms with Crippen molar-refractivity contribution in [3.8, 4) is 0 Å². The lowest BCUT2D eigenvalue weighted by Gasteiger charge is -2.21. The van der Waals surface area contributed by atoms with Crippen LogP contribution in [0, 0.1) is 5.92 Å². The summed E-state index contributed by atoms with van der Waals surface area (Å²) in [7, 11) is 0. The molecule has 0 radical (unpaired) electrons. The second-order valence-electron chi connectivity index (χ2n) is 4.35. The van der Waals surface area contributed by atoms with E-state index in [2.05, 4.69) is 5.32 Å². The van der Waals surface area contributed by atoms with E-state index in [9.17, 15) is 0 Å². The van der Waals surface area contributed by atoms with Crippen molar-refractivity contribution in [2.45, 2.75) is 51.6 Å². The molecule has 0 aliphatic heterocycles. The number of rotatable bonds is 5. The van der Waals surface area contributed by atoms with E-state index in [1.54, 1.807) is 0 Å². The van der Waals surface area contributed by atoms with E-state index >= 15 is 0 Å². The van der Waals surface area contributed by atoms with E-state index in [1.807, 2.05) is 6.92 Å². The number of hydrogen-bond acceptors (Lipinski definition) is 2. The van der Waals surface area contributed by atoms with E-state index in [0.717, 1.165) is 19.0 Å². The van der Waals surface area contributed by atoms with Crippen LogP contribution in [-0.4, -0.2) is 24.3 Å². The maximum atomic E-state index is 9.03. The lowest BCUT2D eigenvalue weighted by atomic mass is 9.87. The third kappa shape index (κ3) is 5.27. The van der Waals surface area contributed by atoms with Gasteiger partial charge in [-0.2, -0.15) is 0 Å². The van der Waals surface area contributed by atoms with Gasteiger partial charge >= 0.3 is 0 Å². The highest BCUT2D eigenvalue weighted by molar-refractivity contribution is 4.67. The molecule has 1 aliphatic carbocycles. The molecule has 0 aromatic rings. The highest BCUT2D eigenvalue weighted by Crippen LogP contribution is 2.25. The Labute approximate surface area is 81.7 Å². The second kappa shape index (κ2) is 6.39. The number of aliphatic hydroxyl groups excluding tert-OH is 1. The molecule has 1 fully saturated rings. The van der Waals surface area contributed by atoms with Crippen LogP contribution in [0.1, 0.15) is 45.4 Å². The molecule has 1 aliphatic rings. The van der Waals surface area contributed by atoms with Gasteiger partial charge in [0.25, 0.3) is 0 Å². The van der Waals surface area contributed by atoms with Gasteiger partial charge in [-0.05, 0) is 25.8 Å². The fourth-order valence-electron chi connectivity index (χ4n) is 2.09. The maximum absolute atomic E-state index is 9.03. The predicted octanol–water partition coefficient (Wildman–Crippen LogP) is 1.93. The van der Waals surface area contributed by atoms with Crippen LogP contribution in [0.3, 0.4) is 0 Å². The highest BCUT2D eigenvalue weighted by Gasteiger charge is 2.12. The van der Waals surface area contributed by atoms with Crippen LogP contribution in [0.2, 0.25) is 0 Å². The number of nitrogens with one attached hydrogen (secondary N) is 1. The summed E-state index contributed by atoms with van der Waals surface area (Å²) >= 11 is 0. The zero-order valence-corrected chi connectivity index (χ0v) is 8.76. The van der Waals surface area contributed by atoms with Crippen LogP contribution < -0.4 is 5.32 Å². The Kier molecular flexibility index (Phi) is 5.40. The van der Waals surface area contributed by atoms with Gasteiger partial charge in [0, 0.05) is 6.54 Å². The first-order valence-electron chi connectivity index (χ1n) is 5.68. The Morgan fingerprint density at radius 3 is 2.62 bits per heavy atom. The van der Waals surface area contributed by atoms with E-state index < -0.39 is 0 Å². The van der Waals surface area contributed by atoms with Crippen LogP contribution in [0.5, 0.6) is 0 Å². The molecule has 2 heteroatoms. The average molecular weight is 185 g/mol. The van der Waals surface area contributed by atoms with Crippen molar-refractivity contribution in [2.75, 3.05) is 13.1 Å². The predicted molar refractivity (Wildman–Crippen MR) is 55.7 cm³/mol. The molecule has 0 unspecified atom stereocenters. The van der Waals surface area contributed by atoms with Crippen LogP contribution in [0.4, 0.5) is 0 Å². The largest absolute Gasteiger partial charge is 0.392 e. The van der Waals surface area contributed by atoms with Gasteiger partial charge < -0.3 is 10.4 Å². The molecule has 1 rings (SSSR count). The molecule has 1 saturated carbocycles. The summed E-state index contributed by atoms with van der Waals surface area (Å²) in [5.74, 6) is 0.954. The minimum atomic E-state index is -0.202. The van der Waals surface area contributed by atoms with Crippen molar-refractivity contribution < 1.29 is 5.11 Å². The van der Waals surface area contributed by atoms with Crippen molar-refractivity contribution in [3.63, 3.8) is 0 Å². The van der Waals surface area contributed by atoms with E-state index in [4.69, 9.17) is 5.11 Å².